The first-order chi connectivity index (χ1) is 11.0. The molecule has 0 saturated carbocycles. The highest BCUT2D eigenvalue weighted by atomic mass is 32.2. The summed E-state index contributed by atoms with van der Waals surface area (Å²) in [5.74, 6) is -0.191. The molecule has 2 N–H and O–H groups in total. The Bertz CT molecular complexity index is 758. The zero-order valence-corrected chi connectivity index (χ0v) is 13.8. The molecule has 6 heteroatoms. The summed E-state index contributed by atoms with van der Waals surface area (Å²) in [7, 11) is -3.56. The number of rotatable bonds is 7. The van der Waals surface area contributed by atoms with E-state index in [-0.39, 0.29) is 23.8 Å². The topological polar surface area (TPSA) is 75.3 Å². The predicted molar refractivity (Wildman–Crippen MR) is 89.3 cm³/mol. The van der Waals surface area contributed by atoms with Crippen LogP contribution >= 0.6 is 0 Å². The van der Waals surface area contributed by atoms with Gasteiger partial charge >= 0.3 is 0 Å². The largest absolute Gasteiger partial charge is 0.352 e. The maximum Gasteiger partial charge on any atom is 0.240 e. The smallest absolute Gasteiger partial charge is 0.240 e. The molecule has 0 atom stereocenters. The van der Waals surface area contributed by atoms with E-state index < -0.39 is 10.0 Å². The molecule has 2 rings (SSSR count). The molecule has 0 spiro atoms. The van der Waals surface area contributed by atoms with E-state index in [0.717, 1.165) is 11.1 Å². The molecule has 2 aromatic carbocycles. The fourth-order valence-electron chi connectivity index (χ4n) is 2.07. The second kappa shape index (κ2) is 7.89. The van der Waals surface area contributed by atoms with Crippen LogP contribution in [0.5, 0.6) is 0 Å². The third kappa shape index (κ3) is 5.19. The first kappa shape index (κ1) is 17.2. The van der Waals surface area contributed by atoms with Crippen molar-refractivity contribution in [2.75, 3.05) is 6.54 Å². The molecule has 0 fully saturated rings. The van der Waals surface area contributed by atoms with Crippen molar-refractivity contribution in [3.63, 3.8) is 0 Å². The number of hydrogen-bond donors (Lipinski definition) is 2. The fraction of sp³-hybridized carbons (Fsp3) is 0.235. The lowest BCUT2D eigenvalue weighted by molar-refractivity contribution is -0.121. The Morgan fingerprint density at radius 1 is 1.00 bits per heavy atom. The Morgan fingerprint density at radius 3 is 2.35 bits per heavy atom. The van der Waals surface area contributed by atoms with Gasteiger partial charge in [0.1, 0.15) is 0 Å². The number of sulfonamides is 1. The van der Waals surface area contributed by atoms with Gasteiger partial charge in [-0.15, -0.1) is 0 Å². The van der Waals surface area contributed by atoms with Crippen molar-refractivity contribution in [1.29, 1.82) is 0 Å². The predicted octanol–water partition coefficient (Wildman–Crippen LogP) is 1.98. The first-order valence-corrected chi connectivity index (χ1v) is 8.83. The van der Waals surface area contributed by atoms with Crippen LogP contribution in [0, 0.1) is 6.92 Å². The molecule has 2 aromatic rings. The Kier molecular flexibility index (Phi) is 5.90. The maximum atomic E-state index is 12.0. The zero-order valence-electron chi connectivity index (χ0n) is 13.0. The molecule has 0 aromatic heterocycles. The Labute approximate surface area is 136 Å². The van der Waals surface area contributed by atoms with E-state index in [9.17, 15) is 13.2 Å². The number of nitrogens with one attached hydrogen (secondary N) is 2. The van der Waals surface area contributed by atoms with Crippen molar-refractivity contribution in [3.05, 3.63) is 65.7 Å². The fourth-order valence-corrected chi connectivity index (χ4v) is 3.13. The molecule has 0 aliphatic rings. The second-order valence-electron chi connectivity index (χ2n) is 5.16. The summed E-state index contributed by atoms with van der Waals surface area (Å²) in [5, 5.41) is 2.79. The molecule has 0 saturated heterocycles. The van der Waals surface area contributed by atoms with Crippen LogP contribution in [-0.2, 0) is 21.4 Å². The number of aryl methyl sites for hydroxylation is 1. The molecule has 0 aliphatic heterocycles. The molecule has 0 aliphatic carbocycles. The molecule has 5 nitrogen and oxygen atoms in total. The minimum atomic E-state index is -3.56. The lowest BCUT2D eigenvalue weighted by atomic mass is 10.1. The zero-order chi connectivity index (χ0) is 16.7. The van der Waals surface area contributed by atoms with Gasteiger partial charge in [0.2, 0.25) is 15.9 Å². The van der Waals surface area contributed by atoms with Crippen LogP contribution in [-0.4, -0.2) is 20.9 Å². The number of hydrogen-bond acceptors (Lipinski definition) is 3. The molecule has 1 amide bonds. The van der Waals surface area contributed by atoms with Crippen LogP contribution in [0.4, 0.5) is 0 Å². The van der Waals surface area contributed by atoms with Gasteiger partial charge < -0.3 is 5.32 Å². The molecule has 0 radical (unpaired) electrons. The minimum absolute atomic E-state index is 0.0663. The van der Waals surface area contributed by atoms with Gasteiger partial charge in [-0.25, -0.2) is 13.1 Å². The standard InChI is InChI=1S/C17H20N2O3S/c1-14-7-5-6-8-15(14)13-18-17(20)11-12-19-23(21,22)16-9-3-2-4-10-16/h2-10,19H,11-13H2,1H3,(H,18,20). The van der Waals surface area contributed by atoms with Gasteiger partial charge in [-0.1, -0.05) is 42.5 Å². The molecule has 0 bridgehead atoms. The van der Waals surface area contributed by atoms with E-state index in [1.807, 2.05) is 31.2 Å². The summed E-state index contributed by atoms with van der Waals surface area (Å²) >= 11 is 0. The molecule has 0 heterocycles. The molecular formula is C17H20N2O3S. The van der Waals surface area contributed by atoms with Crippen molar-refractivity contribution in [1.82, 2.24) is 10.0 Å². The summed E-state index contributed by atoms with van der Waals surface area (Å²) in [6, 6.07) is 15.9. The number of benzene rings is 2. The number of carbonyl (C=O) groups excluding carboxylic acids is 1. The third-order valence-corrected chi connectivity index (χ3v) is 4.91. The minimum Gasteiger partial charge on any atom is -0.352 e. The van der Waals surface area contributed by atoms with Crippen LogP contribution < -0.4 is 10.0 Å². The van der Waals surface area contributed by atoms with E-state index in [2.05, 4.69) is 10.0 Å². The quantitative estimate of drug-likeness (QED) is 0.814. The summed E-state index contributed by atoms with van der Waals surface area (Å²) in [5.41, 5.74) is 2.16. The highest BCUT2D eigenvalue weighted by Crippen LogP contribution is 2.07. The van der Waals surface area contributed by atoms with Crippen molar-refractivity contribution in [2.24, 2.45) is 0 Å². The van der Waals surface area contributed by atoms with Crippen LogP contribution in [0.3, 0.4) is 0 Å². The maximum absolute atomic E-state index is 12.0. The molecule has 122 valence electrons. The van der Waals surface area contributed by atoms with Gasteiger partial charge in [-0.05, 0) is 30.2 Å². The SMILES string of the molecule is Cc1ccccc1CNC(=O)CCNS(=O)(=O)c1ccccc1. The average Bonchev–Trinajstić information content (AvgIpc) is 2.55. The van der Waals surface area contributed by atoms with E-state index in [4.69, 9.17) is 0 Å². The Balaban J connectivity index is 1.78. The van der Waals surface area contributed by atoms with Crippen LogP contribution in [0.1, 0.15) is 17.5 Å². The van der Waals surface area contributed by atoms with Crippen molar-refractivity contribution < 1.29 is 13.2 Å². The van der Waals surface area contributed by atoms with Gasteiger partial charge in [-0.2, -0.15) is 0 Å². The lowest BCUT2D eigenvalue weighted by Crippen LogP contribution is -2.30. The van der Waals surface area contributed by atoms with E-state index >= 15 is 0 Å². The summed E-state index contributed by atoms with van der Waals surface area (Å²) in [6.45, 7) is 2.49. The second-order valence-corrected chi connectivity index (χ2v) is 6.93. The highest BCUT2D eigenvalue weighted by Gasteiger charge is 2.13. The van der Waals surface area contributed by atoms with Crippen molar-refractivity contribution >= 4 is 15.9 Å². The summed E-state index contributed by atoms with van der Waals surface area (Å²) in [6.07, 6.45) is 0.0952. The van der Waals surface area contributed by atoms with Gasteiger partial charge in [0.05, 0.1) is 4.90 Å². The van der Waals surface area contributed by atoms with Crippen LogP contribution in [0.2, 0.25) is 0 Å². The average molecular weight is 332 g/mol. The Hall–Kier alpha value is -2.18. The first-order valence-electron chi connectivity index (χ1n) is 7.35. The van der Waals surface area contributed by atoms with Gasteiger partial charge in [0, 0.05) is 19.5 Å². The van der Waals surface area contributed by atoms with Crippen LogP contribution in [0.15, 0.2) is 59.5 Å². The van der Waals surface area contributed by atoms with Gasteiger partial charge in [-0.3, -0.25) is 4.79 Å². The molecule has 0 unspecified atom stereocenters. The van der Waals surface area contributed by atoms with Crippen molar-refractivity contribution in [2.45, 2.75) is 24.8 Å². The summed E-state index contributed by atoms with van der Waals surface area (Å²) < 4.78 is 26.4. The van der Waals surface area contributed by atoms with Gasteiger partial charge in [0.15, 0.2) is 0 Å². The Morgan fingerprint density at radius 2 is 1.65 bits per heavy atom. The van der Waals surface area contributed by atoms with Gasteiger partial charge in [0.25, 0.3) is 0 Å². The third-order valence-electron chi connectivity index (χ3n) is 3.43. The van der Waals surface area contributed by atoms with Crippen LogP contribution in [0.25, 0.3) is 0 Å². The monoisotopic (exact) mass is 332 g/mol. The highest BCUT2D eigenvalue weighted by molar-refractivity contribution is 7.89. The summed E-state index contributed by atoms with van der Waals surface area (Å²) in [4.78, 5) is 12.0. The molecular weight excluding hydrogens is 312 g/mol. The number of amides is 1. The normalized spacial score (nSPS) is 11.2. The lowest BCUT2D eigenvalue weighted by Gasteiger charge is -2.09. The number of carbonyl (C=O) groups is 1. The van der Waals surface area contributed by atoms with E-state index in [1.54, 1.807) is 18.2 Å². The molecule has 23 heavy (non-hydrogen) atoms. The van der Waals surface area contributed by atoms with E-state index in [1.165, 1.54) is 12.1 Å². The van der Waals surface area contributed by atoms with E-state index in [0.29, 0.717) is 6.54 Å². The van der Waals surface area contributed by atoms with Crippen molar-refractivity contribution in [3.8, 4) is 0 Å².